The number of rotatable bonds is 15. The summed E-state index contributed by atoms with van der Waals surface area (Å²) in [6, 6.07) is 0. The number of hydrogen-bond donors (Lipinski definition) is 1. The van der Waals surface area contributed by atoms with Crippen LogP contribution in [0.5, 0.6) is 0 Å². The molecule has 0 heterocycles. The molecular formula is C22H43NO. The van der Waals surface area contributed by atoms with E-state index in [-0.39, 0.29) is 0 Å². The minimum Gasteiger partial charge on any atom is -0.411 e. The van der Waals surface area contributed by atoms with Crippen molar-refractivity contribution in [2.75, 3.05) is 0 Å². The molecule has 0 radical (unpaired) electrons. The molecule has 142 valence electrons. The van der Waals surface area contributed by atoms with Crippen LogP contribution in [0.15, 0.2) is 5.16 Å². The SMILES string of the molecule is CCCCCCCCCCCCCCCC[C@@H]1CCCC/C1=N\O. The Morgan fingerprint density at radius 1 is 0.750 bits per heavy atom. The molecule has 1 aliphatic carbocycles. The minimum absolute atomic E-state index is 0.584. The summed E-state index contributed by atoms with van der Waals surface area (Å²) in [5, 5.41) is 12.6. The number of oxime groups is 1. The van der Waals surface area contributed by atoms with Crippen molar-refractivity contribution in [2.45, 2.75) is 129 Å². The summed E-state index contributed by atoms with van der Waals surface area (Å²) in [7, 11) is 0. The van der Waals surface area contributed by atoms with Crippen LogP contribution in [-0.2, 0) is 0 Å². The summed E-state index contributed by atoms with van der Waals surface area (Å²) < 4.78 is 0. The molecule has 0 bridgehead atoms. The van der Waals surface area contributed by atoms with Crippen LogP contribution in [0.4, 0.5) is 0 Å². The Hall–Kier alpha value is -0.530. The summed E-state index contributed by atoms with van der Waals surface area (Å²) in [4.78, 5) is 0. The van der Waals surface area contributed by atoms with Gasteiger partial charge in [0.2, 0.25) is 0 Å². The molecule has 2 heteroatoms. The molecule has 1 rings (SSSR count). The fourth-order valence-corrected chi connectivity index (χ4v) is 4.10. The van der Waals surface area contributed by atoms with Gasteiger partial charge < -0.3 is 5.21 Å². The Morgan fingerprint density at radius 2 is 1.25 bits per heavy atom. The highest BCUT2D eigenvalue weighted by atomic mass is 16.4. The van der Waals surface area contributed by atoms with Crippen LogP contribution in [0.2, 0.25) is 0 Å². The van der Waals surface area contributed by atoms with Crippen LogP contribution in [0.1, 0.15) is 129 Å². The van der Waals surface area contributed by atoms with E-state index in [2.05, 4.69) is 12.1 Å². The van der Waals surface area contributed by atoms with Crippen molar-refractivity contribution in [1.29, 1.82) is 0 Å². The van der Waals surface area contributed by atoms with Crippen LogP contribution < -0.4 is 0 Å². The third-order valence-electron chi connectivity index (χ3n) is 5.74. The molecule has 0 aromatic heterocycles. The van der Waals surface area contributed by atoms with Gasteiger partial charge in [-0.15, -0.1) is 0 Å². The highest BCUT2D eigenvalue weighted by Crippen LogP contribution is 2.26. The van der Waals surface area contributed by atoms with Crippen LogP contribution in [0.25, 0.3) is 0 Å². The smallest absolute Gasteiger partial charge is 0.0601 e. The van der Waals surface area contributed by atoms with E-state index < -0.39 is 0 Å². The first-order valence-electron chi connectivity index (χ1n) is 11.1. The molecule has 2 nitrogen and oxygen atoms in total. The summed E-state index contributed by atoms with van der Waals surface area (Å²) >= 11 is 0. The van der Waals surface area contributed by atoms with Crippen LogP contribution in [0.3, 0.4) is 0 Å². The van der Waals surface area contributed by atoms with Crippen molar-refractivity contribution in [3.63, 3.8) is 0 Å². The van der Waals surface area contributed by atoms with Gasteiger partial charge in [0.25, 0.3) is 0 Å². The lowest BCUT2D eigenvalue weighted by Crippen LogP contribution is -2.19. The zero-order valence-corrected chi connectivity index (χ0v) is 16.4. The molecule has 0 aliphatic heterocycles. The van der Waals surface area contributed by atoms with E-state index in [1.165, 1.54) is 116 Å². The summed E-state index contributed by atoms with van der Waals surface area (Å²) in [6.07, 6.45) is 26.0. The van der Waals surface area contributed by atoms with E-state index in [1.807, 2.05) is 0 Å². The van der Waals surface area contributed by atoms with Gasteiger partial charge in [-0.25, -0.2) is 0 Å². The van der Waals surface area contributed by atoms with Gasteiger partial charge in [-0.1, -0.05) is 108 Å². The predicted molar refractivity (Wildman–Crippen MR) is 106 cm³/mol. The normalized spacial score (nSPS) is 19.9. The first-order valence-corrected chi connectivity index (χ1v) is 11.1. The Kier molecular flexibility index (Phi) is 14.3. The minimum atomic E-state index is 0.584. The lowest BCUT2D eigenvalue weighted by Gasteiger charge is -2.22. The third-order valence-corrected chi connectivity index (χ3v) is 5.74. The van der Waals surface area contributed by atoms with Crippen molar-refractivity contribution in [2.24, 2.45) is 11.1 Å². The topological polar surface area (TPSA) is 32.6 Å². The number of unbranched alkanes of at least 4 members (excludes halogenated alkanes) is 13. The van der Waals surface area contributed by atoms with E-state index in [1.54, 1.807) is 0 Å². The molecule has 1 fully saturated rings. The molecule has 0 saturated heterocycles. The van der Waals surface area contributed by atoms with Crippen LogP contribution in [0, 0.1) is 5.92 Å². The van der Waals surface area contributed by atoms with Gasteiger partial charge in [-0.2, -0.15) is 0 Å². The third kappa shape index (κ3) is 11.1. The highest BCUT2D eigenvalue weighted by Gasteiger charge is 2.20. The van der Waals surface area contributed by atoms with Crippen LogP contribution >= 0.6 is 0 Å². The lowest BCUT2D eigenvalue weighted by atomic mass is 9.84. The van der Waals surface area contributed by atoms with Gasteiger partial charge in [0, 0.05) is 5.92 Å². The monoisotopic (exact) mass is 337 g/mol. The zero-order chi connectivity index (χ0) is 17.3. The number of nitrogens with zero attached hydrogens (tertiary/aromatic N) is 1. The van der Waals surface area contributed by atoms with Gasteiger partial charge >= 0.3 is 0 Å². The van der Waals surface area contributed by atoms with E-state index in [4.69, 9.17) is 5.21 Å². The molecular weight excluding hydrogens is 294 g/mol. The fourth-order valence-electron chi connectivity index (χ4n) is 4.10. The molecule has 0 aromatic rings. The summed E-state index contributed by atoms with van der Waals surface area (Å²) in [5.74, 6) is 0.584. The van der Waals surface area contributed by atoms with Gasteiger partial charge in [0.15, 0.2) is 0 Å². The predicted octanol–water partition coefficient (Wildman–Crippen LogP) is 7.88. The van der Waals surface area contributed by atoms with E-state index in [9.17, 15) is 0 Å². The average molecular weight is 338 g/mol. The molecule has 0 aromatic carbocycles. The first kappa shape index (κ1) is 21.5. The molecule has 1 N–H and O–H groups in total. The molecule has 1 aliphatic rings. The standard InChI is InChI=1S/C22H43NO/c1-2-3-4-5-6-7-8-9-10-11-12-13-14-15-18-21-19-16-17-20-22(21)23-24/h21,24H,2-20H2,1H3/b23-22+/t21-/m1/s1. The highest BCUT2D eigenvalue weighted by molar-refractivity contribution is 5.86. The van der Waals surface area contributed by atoms with Gasteiger partial charge in [0.1, 0.15) is 0 Å². The van der Waals surface area contributed by atoms with Crippen LogP contribution in [-0.4, -0.2) is 10.9 Å². The maximum Gasteiger partial charge on any atom is 0.0601 e. The molecule has 1 saturated carbocycles. The van der Waals surface area contributed by atoms with Gasteiger partial charge in [0.05, 0.1) is 5.71 Å². The van der Waals surface area contributed by atoms with E-state index >= 15 is 0 Å². The lowest BCUT2D eigenvalue weighted by molar-refractivity contribution is 0.307. The molecule has 0 spiro atoms. The fraction of sp³-hybridized carbons (Fsp3) is 0.955. The molecule has 24 heavy (non-hydrogen) atoms. The maximum atomic E-state index is 9.06. The molecule has 0 unspecified atom stereocenters. The maximum absolute atomic E-state index is 9.06. The van der Waals surface area contributed by atoms with Crippen molar-refractivity contribution < 1.29 is 5.21 Å². The molecule has 0 amide bonds. The Morgan fingerprint density at radius 3 is 1.75 bits per heavy atom. The van der Waals surface area contributed by atoms with E-state index in [0.717, 1.165) is 12.1 Å². The summed E-state index contributed by atoms with van der Waals surface area (Å²) in [6.45, 7) is 2.29. The Bertz CT molecular complexity index is 300. The van der Waals surface area contributed by atoms with Crippen molar-refractivity contribution in [3.8, 4) is 0 Å². The van der Waals surface area contributed by atoms with Crippen molar-refractivity contribution in [1.82, 2.24) is 0 Å². The summed E-state index contributed by atoms with van der Waals surface area (Å²) in [5.41, 5.74) is 1.08. The van der Waals surface area contributed by atoms with E-state index in [0.29, 0.717) is 5.92 Å². The van der Waals surface area contributed by atoms with Gasteiger partial charge in [-0.3, -0.25) is 0 Å². The second kappa shape index (κ2) is 16.0. The zero-order valence-electron chi connectivity index (χ0n) is 16.4. The Labute approximate surface area is 151 Å². The quantitative estimate of drug-likeness (QED) is 0.184. The van der Waals surface area contributed by atoms with Gasteiger partial charge in [-0.05, 0) is 25.7 Å². The Balaban J connectivity index is 1.79. The molecule has 1 atom stereocenters. The van der Waals surface area contributed by atoms with Crippen molar-refractivity contribution >= 4 is 5.71 Å². The average Bonchev–Trinajstić information content (AvgIpc) is 2.62. The first-order chi connectivity index (χ1) is 11.9. The second-order valence-corrected chi connectivity index (χ2v) is 7.92. The second-order valence-electron chi connectivity index (χ2n) is 7.92. The van der Waals surface area contributed by atoms with Crippen molar-refractivity contribution in [3.05, 3.63) is 0 Å². The largest absolute Gasteiger partial charge is 0.411 e. The number of hydrogen-bond acceptors (Lipinski definition) is 2.